The van der Waals surface area contributed by atoms with Crippen LogP contribution in [0.2, 0.25) is 0 Å². The van der Waals surface area contributed by atoms with Crippen LogP contribution < -0.4 is 15.4 Å². The fourth-order valence-corrected chi connectivity index (χ4v) is 4.36. The zero-order valence-electron chi connectivity index (χ0n) is 17.4. The number of hydrogen-bond donors (Lipinski definition) is 2. The molecule has 4 aromatic rings. The number of fused-ring (bicyclic) bond motifs is 1. The van der Waals surface area contributed by atoms with Crippen LogP contribution in [0.1, 0.15) is 18.7 Å². The molecule has 0 fully saturated rings. The fourth-order valence-electron chi connectivity index (χ4n) is 3.70. The van der Waals surface area contributed by atoms with E-state index in [1.54, 1.807) is 41.5 Å². The lowest BCUT2D eigenvalue weighted by Crippen LogP contribution is -2.32. The van der Waals surface area contributed by atoms with E-state index in [4.69, 9.17) is 9.84 Å². The van der Waals surface area contributed by atoms with Gasteiger partial charge in [0.1, 0.15) is 11.8 Å². The largest absolute Gasteiger partial charge is 0.495 e. The van der Waals surface area contributed by atoms with Crippen LogP contribution in [-0.4, -0.2) is 32.8 Å². The molecule has 0 saturated heterocycles. The zero-order valence-corrected chi connectivity index (χ0v) is 18.3. The lowest BCUT2D eigenvalue weighted by Gasteiger charge is -2.28. The second-order valence-corrected chi connectivity index (χ2v) is 8.10. The summed E-state index contributed by atoms with van der Waals surface area (Å²) in [6, 6.07) is 16.3. The van der Waals surface area contributed by atoms with Crippen molar-refractivity contribution in [2.75, 3.05) is 17.7 Å². The highest BCUT2D eigenvalue weighted by atomic mass is 32.1. The number of thiophene rings is 1. The van der Waals surface area contributed by atoms with Crippen molar-refractivity contribution in [1.29, 1.82) is 0 Å². The average molecular weight is 445 g/mol. The van der Waals surface area contributed by atoms with Crippen molar-refractivity contribution in [3.63, 3.8) is 0 Å². The molecule has 1 aromatic carbocycles. The maximum atomic E-state index is 13.5. The Labute approximate surface area is 188 Å². The van der Waals surface area contributed by atoms with E-state index >= 15 is 0 Å². The fraction of sp³-hybridized carbons (Fsp3) is 0.130. The van der Waals surface area contributed by atoms with E-state index in [0.29, 0.717) is 40.2 Å². The molecule has 3 aromatic heterocycles. The predicted molar refractivity (Wildman–Crippen MR) is 124 cm³/mol. The van der Waals surface area contributed by atoms with Crippen LogP contribution in [0.15, 0.2) is 77.4 Å². The number of carbonyl (C=O) groups excluding carboxylic acids is 1. The molecular weight excluding hydrogens is 424 g/mol. The molecule has 0 radical (unpaired) electrons. The maximum absolute atomic E-state index is 13.5. The Balaban J connectivity index is 1.59. The molecule has 0 bridgehead atoms. The molecule has 32 heavy (non-hydrogen) atoms. The molecule has 0 saturated carbocycles. The first kappa shape index (κ1) is 20.0. The zero-order chi connectivity index (χ0) is 22.1. The first-order valence-corrected chi connectivity index (χ1v) is 10.9. The van der Waals surface area contributed by atoms with Crippen molar-refractivity contribution in [2.24, 2.45) is 0 Å². The van der Waals surface area contributed by atoms with Crippen LogP contribution >= 0.6 is 11.3 Å². The summed E-state index contributed by atoms with van der Waals surface area (Å²) >= 11 is 1.56. The molecule has 8 nitrogen and oxygen atoms in total. The number of pyridine rings is 1. The molecule has 4 heterocycles. The van der Waals surface area contributed by atoms with Gasteiger partial charge in [0.05, 0.1) is 28.9 Å². The van der Waals surface area contributed by atoms with Crippen molar-refractivity contribution in [3.8, 4) is 16.5 Å². The number of rotatable bonds is 5. The van der Waals surface area contributed by atoms with E-state index in [1.807, 2.05) is 54.8 Å². The van der Waals surface area contributed by atoms with Gasteiger partial charge in [0.25, 0.3) is 5.91 Å². The molecule has 0 unspecified atom stereocenters. The Morgan fingerprint density at radius 2 is 2.00 bits per heavy atom. The van der Waals surface area contributed by atoms with E-state index < -0.39 is 6.04 Å². The molecule has 160 valence electrons. The minimum absolute atomic E-state index is 0.269. The third kappa shape index (κ3) is 3.52. The predicted octanol–water partition coefficient (Wildman–Crippen LogP) is 4.34. The molecule has 1 aliphatic heterocycles. The third-order valence-electron chi connectivity index (χ3n) is 5.16. The summed E-state index contributed by atoms with van der Waals surface area (Å²) in [4.78, 5) is 23.7. The van der Waals surface area contributed by atoms with Gasteiger partial charge in [-0.2, -0.15) is 4.98 Å². The summed E-state index contributed by atoms with van der Waals surface area (Å²) in [5.74, 6) is 1.48. The SMILES string of the molecule is COc1ccccc1NC(=O)C1=C(C)Nc2nc(-c3cccs3)nn2[C@H]1c1ccccn1. The number of anilines is 2. The number of hydrogen-bond acceptors (Lipinski definition) is 7. The Morgan fingerprint density at radius 3 is 2.75 bits per heavy atom. The highest BCUT2D eigenvalue weighted by molar-refractivity contribution is 7.13. The molecule has 1 amide bonds. The molecule has 0 aliphatic carbocycles. The highest BCUT2D eigenvalue weighted by Gasteiger charge is 2.35. The van der Waals surface area contributed by atoms with Crippen LogP contribution in [0, 0.1) is 0 Å². The number of benzene rings is 1. The number of ether oxygens (including phenoxy) is 1. The Bertz CT molecular complexity index is 1300. The van der Waals surface area contributed by atoms with Crippen LogP contribution in [0.3, 0.4) is 0 Å². The standard InChI is InChI=1S/C23H20N6O2S/c1-14-19(22(30)26-15-8-3-4-10-17(15)31-2)20(16-9-5-6-12-24-16)29-23(25-14)27-21(28-29)18-11-7-13-32-18/h3-13,20H,1-2H3,(H,26,30)(H,25,27,28)/t20-/m0/s1. The second kappa shape index (κ2) is 8.27. The molecule has 5 rings (SSSR count). The van der Waals surface area contributed by atoms with E-state index in [2.05, 4.69) is 20.6 Å². The summed E-state index contributed by atoms with van der Waals surface area (Å²) < 4.78 is 7.11. The van der Waals surface area contributed by atoms with E-state index in [0.717, 1.165) is 4.88 Å². The van der Waals surface area contributed by atoms with Gasteiger partial charge >= 0.3 is 0 Å². The van der Waals surface area contributed by atoms with Gasteiger partial charge in [-0.3, -0.25) is 9.78 Å². The van der Waals surface area contributed by atoms with Crippen LogP contribution in [-0.2, 0) is 4.79 Å². The monoisotopic (exact) mass is 444 g/mol. The van der Waals surface area contributed by atoms with Gasteiger partial charge in [-0.15, -0.1) is 16.4 Å². The molecule has 1 aliphatic rings. The quantitative estimate of drug-likeness (QED) is 0.476. The number of methoxy groups -OCH3 is 1. The molecule has 1 atom stereocenters. The van der Waals surface area contributed by atoms with Crippen molar-refractivity contribution >= 4 is 28.9 Å². The van der Waals surface area contributed by atoms with Gasteiger partial charge in [-0.25, -0.2) is 4.68 Å². The van der Waals surface area contributed by atoms with Gasteiger partial charge in [0, 0.05) is 11.9 Å². The first-order chi connectivity index (χ1) is 15.7. The lowest BCUT2D eigenvalue weighted by molar-refractivity contribution is -0.113. The Hall–Kier alpha value is -3.98. The second-order valence-electron chi connectivity index (χ2n) is 7.16. The summed E-state index contributed by atoms with van der Waals surface area (Å²) in [6.07, 6.45) is 1.71. The summed E-state index contributed by atoms with van der Waals surface area (Å²) in [7, 11) is 1.57. The van der Waals surface area contributed by atoms with Crippen molar-refractivity contribution in [3.05, 3.63) is 83.1 Å². The summed E-state index contributed by atoms with van der Waals surface area (Å²) in [5.41, 5.74) is 2.47. The van der Waals surface area contributed by atoms with E-state index in [1.165, 1.54) is 0 Å². The van der Waals surface area contributed by atoms with Crippen molar-refractivity contribution in [2.45, 2.75) is 13.0 Å². The number of aromatic nitrogens is 4. The Kier molecular flexibility index (Phi) is 5.16. The van der Waals surface area contributed by atoms with Gasteiger partial charge in [0.15, 0.2) is 5.82 Å². The number of amides is 1. The van der Waals surface area contributed by atoms with Gasteiger partial charge < -0.3 is 15.4 Å². The normalized spacial score (nSPS) is 15.1. The number of para-hydroxylation sites is 2. The molecule has 0 spiro atoms. The van der Waals surface area contributed by atoms with Crippen molar-refractivity contribution in [1.82, 2.24) is 19.7 Å². The third-order valence-corrected chi connectivity index (χ3v) is 6.03. The highest BCUT2D eigenvalue weighted by Crippen LogP contribution is 2.37. The molecular formula is C23H20N6O2S. The number of nitrogens with zero attached hydrogens (tertiary/aromatic N) is 4. The van der Waals surface area contributed by atoms with Crippen LogP contribution in [0.25, 0.3) is 10.7 Å². The maximum Gasteiger partial charge on any atom is 0.256 e. The summed E-state index contributed by atoms with van der Waals surface area (Å²) in [5, 5.41) is 12.9. The van der Waals surface area contributed by atoms with Gasteiger partial charge in [-0.05, 0) is 42.6 Å². The number of nitrogens with one attached hydrogen (secondary N) is 2. The minimum Gasteiger partial charge on any atom is -0.495 e. The lowest BCUT2D eigenvalue weighted by atomic mass is 9.98. The number of allylic oxidation sites excluding steroid dienone is 1. The van der Waals surface area contributed by atoms with Crippen molar-refractivity contribution < 1.29 is 9.53 Å². The van der Waals surface area contributed by atoms with Crippen LogP contribution in [0.4, 0.5) is 11.6 Å². The summed E-state index contributed by atoms with van der Waals surface area (Å²) in [6.45, 7) is 1.86. The average Bonchev–Trinajstić information content (AvgIpc) is 3.49. The van der Waals surface area contributed by atoms with Gasteiger partial charge in [-0.1, -0.05) is 24.3 Å². The minimum atomic E-state index is -0.539. The smallest absolute Gasteiger partial charge is 0.256 e. The van der Waals surface area contributed by atoms with E-state index in [-0.39, 0.29) is 5.91 Å². The first-order valence-electron chi connectivity index (χ1n) is 9.99. The molecule has 2 N–H and O–H groups in total. The topological polar surface area (TPSA) is 94.0 Å². The van der Waals surface area contributed by atoms with Crippen LogP contribution in [0.5, 0.6) is 5.75 Å². The number of carbonyl (C=O) groups is 1. The van der Waals surface area contributed by atoms with E-state index in [9.17, 15) is 4.79 Å². The van der Waals surface area contributed by atoms with Gasteiger partial charge in [0.2, 0.25) is 5.95 Å². The molecule has 9 heteroatoms. The Morgan fingerprint density at radius 1 is 1.16 bits per heavy atom.